The molecule has 2 rings (SSSR count). The van der Waals surface area contributed by atoms with Gasteiger partial charge in [-0.3, -0.25) is 0 Å². The summed E-state index contributed by atoms with van der Waals surface area (Å²) in [4.78, 5) is 0. The average Bonchev–Trinajstić information content (AvgIpc) is 2.29. The van der Waals surface area contributed by atoms with Gasteiger partial charge in [0.05, 0.1) is 12.1 Å². The Morgan fingerprint density at radius 1 is 1.12 bits per heavy atom. The standard InChI is InChI=1S/C13H12ClNO/c1-16-11-4-2-3-9(7-11)12-6-5-10(15)8-13(12)14/h2-8H,15H2,1H3. The highest BCUT2D eigenvalue weighted by molar-refractivity contribution is 6.33. The lowest BCUT2D eigenvalue weighted by Gasteiger charge is -2.07. The number of anilines is 1. The molecule has 0 aliphatic heterocycles. The minimum absolute atomic E-state index is 0.647. The lowest BCUT2D eigenvalue weighted by atomic mass is 10.1. The number of hydrogen-bond acceptors (Lipinski definition) is 2. The molecule has 0 atom stereocenters. The van der Waals surface area contributed by atoms with E-state index < -0.39 is 0 Å². The summed E-state index contributed by atoms with van der Waals surface area (Å²) in [5.41, 5.74) is 8.29. The lowest BCUT2D eigenvalue weighted by molar-refractivity contribution is 0.415. The Balaban J connectivity index is 2.49. The Kier molecular flexibility index (Phi) is 3.02. The van der Waals surface area contributed by atoms with Crippen molar-refractivity contribution in [3.63, 3.8) is 0 Å². The highest BCUT2D eigenvalue weighted by atomic mass is 35.5. The second-order valence-corrected chi connectivity index (χ2v) is 3.88. The SMILES string of the molecule is COc1cccc(-c2ccc(N)cc2Cl)c1. The summed E-state index contributed by atoms with van der Waals surface area (Å²) < 4.78 is 5.17. The zero-order valence-corrected chi connectivity index (χ0v) is 9.66. The number of benzene rings is 2. The van der Waals surface area contributed by atoms with Crippen molar-refractivity contribution < 1.29 is 4.74 Å². The van der Waals surface area contributed by atoms with Gasteiger partial charge in [-0.25, -0.2) is 0 Å². The van der Waals surface area contributed by atoms with Crippen LogP contribution in [-0.4, -0.2) is 7.11 Å². The topological polar surface area (TPSA) is 35.2 Å². The van der Waals surface area contributed by atoms with Crippen molar-refractivity contribution in [2.45, 2.75) is 0 Å². The van der Waals surface area contributed by atoms with E-state index in [4.69, 9.17) is 22.1 Å². The lowest BCUT2D eigenvalue weighted by Crippen LogP contribution is -1.87. The first kappa shape index (κ1) is 10.8. The van der Waals surface area contributed by atoms with Crippen LogP contribution in [0.25, 0.3) is 11.1 Å². The van der Waals surface area contributed by atoms with Crippen molar-refractivity contribution in [2.75, 3.05) is 12.8 Å². The fraction of sp³-hybridized carbons (Fsp3) is 0.0769. The van der Waals surface area contributed by atoms with E-state index in [9.17, 15) is 0 Å². The van der Waals surface area contributed by atoms with E-state index in [1.54, 1.807) is 13.2 Å². The zero-order valence-electron chi connectivity index (χ0n) is 8.91. The highest BCUT2D eigenvalue weighted by Crippen LogP contribution is 2.31. The third kappa shape index (κ3) is 2.12. The Morgan fingerprint density at radius 2 is 1.94 bits per heavy atom. The third-order valence-electron chi connectivity index (χ3n) is 2.37. The van der Waals surface area contributed by atoms with Gasteiger partial charge in [0.1, 0.15) is 5.75 Å². The molecule has 0 aliphatic rings. The quantitative estimate of drug-likeness (QED) is 0.805. The number of rotatable bonds is 2. The van der Waals surface area contributed by atoms with Crippen molar-refractivity contribution in [3.8, 4) is 16.9 Å². The molecule has 0 aromatic heterocycles. The van der Waals surface area contributed by atoms with Gasteiger partial charge in [-0.15, -0.1) is 0 Å². The van der Waals surface area contributed by atoms with Crippen LogP contribution in [0.5, 0.6) is 5.75 Å². The van der Waals surface area contributed by atoms with Crippen LogP contribution >= 0.6 is 11.6 Å². The van der Waals surface area contributed by atoms with Crippen LogP contribution in [0.2, 0.25) is 5.02 Å². The molecule has 0 amide bonds. The van der Waals surface area contributed by atoms with Crippen LogP contribution in [0.4, 0.5) is 5.69 Å². The van der Waals surface area contributed by atoms with Crippen LogP contribution < -0.4 is 10.5 Å². The molecule has 0 saturated heterocycles. The first-order chi connectivity index (χ1) is 7.70. The van der Waals surface area contributed by atoms with E-state index in [1.165, 1.54) is 0 Å². The summed E-state index contributed by atoms with van der Waals surface area (Å²) in [5, 5.41) is 0.647. The smallest absolute Gasteiger partial charge is 0.119 e. The molecule has 0 unspecified atom stereocenters. The van der Waals surface area contributed by atoms with Crippen LogP contribution in [0.1, 0.15) is 0 Å². The molecule has 16 heavy (non-hydrogen) atoms. The summed E-state index contributed by atoms with van der Waals surface area (Å²) in [6.07, 6.45) is 0. The molecule has 0 radical (unpaired) electrons. The Labute approximate surface area is 99.6 Å². The molecule has 3 heteroatoms. The summed E-state index contributed by atoms with van der Waals surface area (Å²) in [7, 11) is 1.64. The van der Waals surface area contributed by atoms with Gasteiger partial charge < -0.3 is 10.5 Å². The fourth-order valence-corrected chi connectivity index (χ4v) is 1.85. The Hall–Kier alpha value is -1.67. The maximum absolute atomic E-state index is 6.14. The second kappa shape index (κ2) is 4.45. The highest BCUT2D eigenvalue weighted by Gasteiger charge is 2.04. The summed E-state index contributed by atoms with van der Waals surface area (Å²) in [6.45, 7) is 0. The Morgan fingerprint density at radius 3 is 2.62 bits per heavy atom. The molecular formula is C13H12ClNO. The number of nitrogens with two attached hydrogens (primary N) is 1. The van der Waals surface area contributed by atoms with Gasteiger partial charge >= 0.3 is 0 Å². The molecule has 0 aliphatic carbocycles. The molecule has 0 fully saturated rings. The van der Waals surface area contributed by atoms with Gasteiger partial charge in [0.15, 0.2) is 0 Å². The van der Waals surface area contributed by atoms with Crippen LogP contribution in [-0.2, 0) is 0 Å². The van der Waals surface area contributed by atoms with Gasteiger partial charge in [0.2, 0.25) is 0 Å². The molecular weight excluding hydrogens is 222 g/mol. The van der Waals surface area contributed by atoms with E-state index in [1.807, 2.05) is 36.4 Å². The second-order valence-electron chi connectivity index (χ2n) is 3.47. The third-order valence-corrected chi connectivity index (χ3v) is 2.69. The summed E-state index contributed by atoms with van der Waals surface area (Å²) in [5.74, 6) is 0.811. The van der Waals surface area contributed by atoms with E-state index >= 15 is 0 Å². The largest absolute Gasteiger partial charge is 0.497 e. The maximum Gasteiger partial charge on any atom is 0.119 e. The van der Waals surface area contributed by atoms with E-state index in [0.29, 0.717) is 10.7 Å². The minimum atomic E-state index is 0.647. The first-order valence-electron chi connectivity index (χ1n) is 4.90. The fourth-order valence-electron chi connectivity index (χ4n) is 1.56. The maximum atomic E-state index is 6.14. The molecule has 2 aromatic carbocycles. The Bertz CT molecular complexity index is 511. The summed E-state index contributed by atoms with van der Waals surface area (Å²) in [6, 6.07) is 13.2. The van der Waals surface area contributed by atoms with Crippen molar-refractivity contribution in [3.05, 3.63) is 47.5 Å². The van der Waals surface area contributed by atoms with Crippen LogP contribution in [0.15, 0.2) is 42.5 Å². The number of methoxy groups -OCH3 is 1. The van der Waals surface area contributed by atoms with Gasteiger partial charge in [0.25, 0.3) is 0 Å². The zero-order chi connectivity index (χ0) is 11.5. The van der Waals surface area contributed by atoms with Crippen molar-refractivity contribution in [2.24, 2.45) is 0 Å². The van der Waals surface area contributed by atoms with Crippen LogP contribution in [0.3, 0.4) is 0 Å². The van der Waals surface area contributed by atoms with Crippen molar-refractivity contribution in [1.82, 2.24) is 0 Å². The van der Waals surface area contributed by atoms with Gasteiger partial charge in [-0.2, -0.15) is 0 Å². The van der Waals surface area contributed by atoms with Gasteiger partial charge in [-0.1, -0.05) is 29.8 Å². The van der Waals surface area contributed by atoms with Gasteiger partial charge in [0, 0.05) is 11.3 Å². The minimum Gasteiger partial charge on any atom is -0.497 e. The normalized spacial score (nSPS) is 10.1. The molecule has 0 spiro atoms. The number of hydrogen-bond donors (Lipinski definition) is 1. The predicted octanol–water partition coefficient (Wildman–Crippen LogP) is 3.60. The van der Waals surface area contributed by atoms with E-state index in [0.717, 1.165) is 16.9 Å². The van der Waals surface area contributed by atoms with E-state index in [2.05, 4.69) is 0 Å². The van der Waals surface area contributed by atoms with Crippen molar-refractivity contribution >= 4 is 17.3 Å². The molecule has 2 N–H and O–H groups in total. The average molecular weight is 234 g/mol. The monoisotopic (exact) mass is 233 g/mol. The van der Waals surface area contributed by atoms with Gasteiger partial charge in [-0.05, 0) is 29.8 Å². The molecule has 0 bridgehead atoms. The van der Waals surface area contributed by atoms with Crippen molar-refractivity contribution in [1.29, 1.82) is 0 Å². The molecule has 0 heterocycles. The predicted molar refractivity (Wildman–Crippen MR) is 67.9 cm³/mol. The summed E-state index contributed by atoms with van der Waals surface area (Å²) >= 11 is 6.14. The first-order valence-corrected chi connectivity index (χ1v) is 5.28. The number of ether oxygens (including phenoxy) is 1. The molecule has 82 valence electrons. The number of nitrogen functional groups attached to an aromatic ring is 1. The molecule has 2 nitrogen and oxygen atoms in total. The van der Waals surface area contributed by atoms with Crippen LogP contribution in [0, 0.1) is 0 Å². The molecule has 0 saturated carbocycles. The number of halogens is 1. The molecule has 2 aromatic rings. The van der Waals surface area contributed by atoms with E-state index in [-0.39, 0.29) is 0 Å².